The Balaban J connectivity index is 2.30. The van der Waals surface area contributed by atoms with Crippen LogP contribution in [0.5, 0.6) is 0 Å². The SMILES string of the molecule is COC(=O)CNC(=O)C(c1ccccc1)N(C(=O)C(CO)NC(=O)OC(C)(C)C)C1CC1. The van der Waals surface area contributed by atoms with Crippen LogP contribution in [0.4, 0.5) is 4.79 Å². The van der Waals surface area contributed by atoms with Crippen LogP contribution in [-0.2, 0) is 23.9 Å². The summed E-state index contributed by atoms with van der Waals surface area (Å²) < 4.78 is 9.75. The second kappa shape index (κ2) is 10.9. The van der Waals surface area contributed by atoms with Crippen molar-refractivity contribution in [3.8, 4) is 0 Å². The Bertz CT molecular complexity index is 819. The fraction of sp³-hybridized carbons (Fsp3) is 0.545. The fourth-order valence-corrected chi connectivity index (χ4v) is 3.09. The molecule has 1 aromatic carbocycles. The van der Waals surface area contributed by atoms with Crippen molar-refractivity contribution in [2.24, 2.45) is 0 Å². The van der Waals surface area contributed by atoms with Crippen LogP contribution >= 0.6 is 0 Å². The molecule has 10 nitrogen and oxygen atoms in total. The van der Waals surface area contributed by atoms with Crippen molar-refractivity contribution in [1.29, 1.82) is 0 Å². The molecule has 1 aliphatic rings. The van der Waals surface area contributed by atoms with Gasteiger partial charge in [-0.15, -0.1) is 0 Å². The summed E-state index contributed by atoms with van der Waals surface area (Å²) in [6.07, 6.45) is 0.487. The number of benzene rings is 1. The van der Waals surface area contributed by atoms with Crippen molar-refractivity contribution in [2.75, 3.05) is 20.3 Å². The summed E-state index contributed by atoms with van der Waals surface area (Å²) in [5, 5.41) is 14.7. The summed E-state index contributed by atoms with van der Waals surface area (Å²) >= 11 is 0. The van der Waals surface area contributed by atoms with Crippen molar-refractivity contribution < 1.29 is 33.8 Å². The molecule has 1 saturated carbocycles. The van der Waals surface area contributed by atoms with Gasteiger partial charge in [0.05, 0.1) is 13.7 Å². The summed E-state index contributed by atoms with van der Waals surface area (Å²) in [7, 11) is 1.21. The van der Waals surface area contributed by atoms with Crippen LogP contribution in [0.25, 0.3) is 0 Å². The van der Waals surface area contributed by atoms with Crippen LogP contribution in [0.2, 0.25) is 0 Å². The number of nitrogens with zero attached hydrogens (tertiary/aromatic N) is 1. The molecule has 32 heavy (non-hydrogen) atoms. The van der Waals surface area contributed by atoms with Gasteiger partial charge >= 0.3 is 12.1 Å². The third kappa shape index (κ3) is 7.23. The molecule has 1 fully saturated rings. The molecule has 0 radical (unpaired) electrons. The Morgan fingerprint density at radius 3 is 2.28 bits per heavy atom. The van der Waals surface area contributed by atoms with Gasteiger partial charge < -0.3 is 30.1 Å². The van der Waals surface area contributed by atoms with Crippen molar-refractivity contribution in [2.45, 2.75) is 57.3 Å². The third-order valence-corrected chi connectivity index (χ3v) is 4.64. The second-order valence-electron chi connectivity index (χ2n) is 8.47. The van der Waals surface area contributed by atoms with E-state index in [1.54, 1.807) is 51.1 Å². The van der Waals surface area contributed by atoms with E-state index >= 15 is 0 Å². The van der Waals surface area contributed by atoms with Gasteiger partial charge in [0.25, 0.3) is 0 Å². The average Bonchev–Trinajstić information content (AvgIpc) is 3.57. The number of rotatable bonds is 9. The van der Waals surface area contributed by atoms with E-state index in [1.807, 2.05) is 0 Å². The van der Waals surface area contributed by atoms with Crippen molar-refractivity contribution >= 4 is 23.9 Å². The summed E-state index contributed by atoms with van der Waals surface area (Å²) in [6, 6.07) is 6.02. The molecule has 0 heterocycles. The Morgan fingerprint density at radius 1 is 1.16 bits per heavy atom. The van der Waals surface area contributed by atoms with E-state index < -0.39 is 48.2 Å². The Kier molecular flexibility index (Phi) is 8.59. The van der Waals surface area contributed by atoms with Crippen LogP contribution < -0.4 is 10.6 Å². The Morgan fingerprint density at radius 2 is 1.78 bits per heavy atom. The highest BCUT2D eigenvalue weighted by atomic mass is 16.6. The molecule has 2 rings (SSSR count). The average molecular weight is 450 g/mol. The van der Waals surface area contributed by atoms with E-state index in [2.05, 4.69) is 15.4 Å². The van der Waals surface area contributed by atoms with Crippen LogP contribution in [0.3, 0.4) is 0 Å². The number of carbonyl (C=O) groups excluding carboxylic acids is 4. The highest BCUT2D eigenvalue weighted by Gasteiger charge is 2.44. The monoisotopic (exact) mass is 449 g/mol. The molecule has 3 N–H and O–H groups in total. The van der Waals surface area contributed by atoms with Gasteiger partial charge in [-0.25, -0.2) is 4.79 Å². The van der Waals surface area contributed by atoms with Gasteiger partial charge in [-0.2, -0.15) is 0 Å². The maximum Gasteiger partial charge on any atom is 0.408 e. The number of aliphatic hydroxyl groups excluding tert-OH is 1. The minimum atomic E-state index is -1.30. The number of methoxy groups -OCH3 is 1. The van der Waals surface area contributed by atoms with Gasteiger partial charge in [0.15, 0.2) is 0 Å². The Hall–Kier alpha value is -3.14. The number of nitrogens with one attached hydrogen (secondary N) is 2. The molecule has 176 valence electrons. The predicted octanol–water partition coefficient (Wildman–Crippen LogP) is 0.893. The van der Waals surface area contributed by atoms with Crippen molar-refractivity contribution in [1.82, 2.24) is 15.5 Å². The maximum absolute atomic E-state index is 13.4. The molecular weight excluding hydrogens is 418 g/mol. The van der Waals surface area contributed by atoms with Gasteiger partial charge in [-0.05, 0) is 39.2 Å². The highest BCUT2D eigenvalue weighted by Crippen LogP contribution is 2.35. The number of alkyl carbamates (subject to hydrolysis) is 1. The first kappa shape index (κ1) is 25.1. The number of aliphatic hydroxyl groups is 1. The van der Waals surface area contributed by atoms with Crippen LogP contribution in [0.15, 0.2) is 30.3 Å². The molecule has 0 aliphatic heterocycles. The lowest BCUT2D eigenvalue weighted by Gasteiger charge is -2.34. The van der Waals surface area contributed by atoms with Gasteiger partial charge in [0.1, 0.15) is 24.2 Å². The van der Waals surface area contributed by atoms with Crippen LogP contribution in [0, 0.1) is 0 Å². The lowest BCUT2D eigenvalue weighted by Crippen LogP contribution is -2.55. The van der Waals surface area contributed by atoms with Gasteiger partial charge in [-0.1, -0.05) is 30.3 Å². The first-order valence-electron chi connectivity index (χ1n) is 10.4. The minimum absolute atomic E-state index is 0.244. The molecule has 1 aliphatic carbocycles. The fourth-order valence-electron chi connectivity index (χ4n) is 3.09. The third-order valence-electron chi connectivity index (χ3n) is 4.64. The number of hydrogen-bond donors (Lipinski definition) is 3. The highest BCUT2D eigenvalue weighted by molar-refractivity contribution is 5.93. The zero-order valence-corrected chi connectivity index (χ0v) is 18.8. The number of hydrogen-bond acceptors (Lipinski definition) is 7. The molecule has 3 amide bonds. The van der Waals surface area contributed by atoms with E-state index in [9.17, 15) is 24.3 Å². The van der Waals surface area contributed by atoms with E-state index in [0.717, 1.165) is 0 Å². The molecule has 0 bridgehead atoms. The largest absolute Gasteiger partial charge is 0.468 e. The van der Waals surface area contributed by atoms with E-state index in [4.69, 9.17) is 4.74 Å². The molecular formula is C22H31N3O7. The van der Waals surface area contributed by atoms with Gasteiger partial charge in [0, 0.05) is 6.04 Å². The lowest BCUT2D eigenvalue weighted by molar-refractivity contribution is -0.145. The standard InChI is InChI=1S/C22H31N3O7/c1-22(2,3)32-21(30)24-16(13-26)20(29)25(15-10-11-15)18(14-8-6-5-7-9-14)19(28)23-12-17(27)31-4/h5-9,15-16,18,26H,10-13H2,1-4H3,(H,23,28)(H,24,30). The second-order valence-corrected chi connectivity index (χ2v) is 8.47. The van der Waals surface area contributed by atoms with Gasteiger partial charge in [-0.3, -0.25) is 14.4 Å². The molecule has 2 unspecified atom stereocenters. The minimum Gasteiger partial charge on any atom is -0.468 e. The summed E-state index contributed by atoms with van der Waals surface area (Å²) in [6.45, 7) is 4.00. The zero-order chi connectivity index (χ0) is 23.9. The number of esters is 1. The number of amides is 3. The summed E-state index contributed by atoms with van der Waals surface area (Å²) in [5.41, 5.74) is -0.256. The molecule has 0 spiro atoms. The molecule has 2 atom stereocenters. The molecule has 10 heteroatoms. The first-order chi connectivity index (χ1) is 15.1. The normalized spacial score (nSPS) is 15.2. The maximum atomic E-state index is 13.4. The molecule has 0 saturated heterocycles. The van der Waals surface area contributed by atoms with Crippen LogP contribution in [0.1, 0.15) is 45.2 Å². The van der Waals surface area contributed by atoms with E-state index in [-0.39, 0.29) is 12.6 Å². The van der Waals surface area contributed by atoms with E-state index in [1.165, 1.54) is 12.0 Å². The quantitative estimate of drug-likeness (QED) is 0.477. The van der Waals surface area contributed by atoms with Gasteiger partial charge in [0.2, 0.25) is 11.8 Å². The molecule has 1 aromatic rings. The smallest absolute Gasteiger partial charge is 0.408 e. The number of ether oxygens (including phenoxy) is 2. The van der Waals surface area contributed by atoms with E-state index in [0.29, 0.717) is 18.4 Å². The summed E-state index contributed by atoms with van der Waals surface area (Å²) in [5.74, 6) is -1.83. The van der Waals surface area contributed by atoms with Crippen molar-refractivity contribution in [3.63, 3.8) is 0 Å². The van der Waals surface area contributed by atoms with Crippen molar-refractivity contribution in [3.05, 3.63) is 35.9 Å². The van der Waals surface area contributed by atoms with Crippen LogP contribution in [-0.4, -0.2) is 71.8 Å². The first-order valence-corrected chi connectivity index (χ1v) is 10.4. The number of carbonyl (C=O) groups is 4. The topological polar surface area (TPSA) is 134 Å². The lowest BCUT2D eigenvalue weighted by atomic mass is 10.0. The Labute approximate surface area is 187 Å². The summed E-state index contributed by atoms with van der Waals surface area (Å²) in [4.78, 5) is 51.5. The zero-order valence-electron chi connectivity index (χ0n) is 18.8. The predicted molar refractivity (Wildman–Crippen MR) is 114 cm³/mol. The molecule has 0 aromatic heterocycles.